The van der Waals surface area contributed by atoms with E-state index >= 15 is 0 Å². The Bertz CT molecular complexity index is 382. The summed E-state index contributed by atoms with van der Waals surface area (Å²) < 4.78 is 0. The van der Waals surface area contributed by atoms with Crippen LogP contribution in [0.1, 0.15) is 25.0 Å². The molecule has 0 aromatic carbocycles. The van der Waals surface area contributed by atoms with Gasteiger partial charge in [-0.05, 0) is 25.0 Å². The van der Waals surface area contributed by atoms with Crippen molar-refractivity contribution >= 4 is 5.69 Å². The fraction of sp³-hybridized carbons (Fsp3) is 0.500. The summed E-state index contributed by atoms with van der Waals surface area (Å²) in [6.45, 7) is 0.237. The van der Waals surface area contributed by atoms with Gasteiger partial charge in [0.05, 0.1) is 11.9 Å². The molecule has 2 unspecified atom stereocenters. The van der Waals surface area contributed by atoms with Crippen molar-refractivity contribution in [1.82, 2.24) is 4.98 Å². The quantitative estimate of drug-likeness (QED) is 0.805. The third-order valence-electron chi connectivity index (χ3n) is 3.12. The molecule has 0 amide bonds. The van der Waals surface area contributed by atoms with Crippen LogP contribution in [0.4, 0.5) is 5.69 Å². The van der Waals surface area contributed by atoms with Crippen molar-refractivity contribution in [3.63, 3.8) is 0 Å². The Kier molecular flexibility index (Phi) is 3.37. The van der Waals surface area contributed by atoms with Gasteiger partial charge in [-0.2, -0.15) is 5.26 Å². The van der Waals surface area contributed by atoms with E-state index in [1.54, 1.807) is 12.3 Å². The molecule has 1 heterocycles. The van der Waals surface area contributed by atoms with Gasteiger partial charge in [0.2, 0.25) is 0 Å². The summed E-state index contributed by atoms with van der Waals surface area (Å²) in [5.74, 6) is 0.343. The highest BCUT2D eigenvalue weighted by Gasteiger charge is 2.26. The monoisotopic (exact) mass is 217 g/mol. The van der Waals surface area contributed by atoms with Crippen LogP contribution in [0.3, 0.4) is 0 Å². The first-order chi connectivity index (χ1) is 7.83. The van der Waals surface area contributed by atoms with E-state index in [1.165, 1.54) is 0 Å². The Morgan fingerprint density at radius 2 is 2.38 bits per heavy atom. The minimum Gasteiger partial charge on any atom is -0.396 e. The third-order valence-corrected chi connectivity index (χ3v) is 3.12. The summed E-state index contributed by atoms with van der Waals surface area (Å²) in [5.41, 5.74) is 1.35. The van der Waals surface area contributed by atoms with Crippen molar-refractivity contribution in [3.05, 3.63) is 24.0 Å². The first-order valence-electron chi connectivity index (χ1n) is 5.57. The SMILES string of the molecule is N#Cc1ccc(NC2CCCC2CO)cn1. The average molecular weight is 217 g/mol. The van der Waals surface area contributed by atoms with Gasteiger partial charge in [0, 0.05) is 18.6 Å². The number of nitrogens with one attached hydrogen (secondary N) is 1. The molecule has 1 fully saturated rings. The minimum atomic E-state index is 0.237. The molecule has 0 aliphatic heterocycles. The third kappa shape index (κ3) is 2.31. The summed E-state index contributed by atoms with van der Waals surface area (Å²) in [7, 11) is 0. The highest BCUT2D eigenvalue weighted by molar-refractivity contribution is 5.43. The normalized spacial score (nSPS) is 24.0. The second kappa shape index (κ2) is 4.95. The van der Waals surface area contributed by atoms with Gasteiger partial charge >= 0.3 is 0 Å². The molecule has 16 heavy (non-hydrogen) atoms. The maximum atomic E-state index is 9.20. The lowest BCUT2D eigenvalue weighted by molar-refractivity contribution is 0.222. The summed E-state index contributed by atoms with van der Waals surface area (Å²) in [5, 5.41) is 21.2. The van der Waals surface area contributed by atoms with E-state index in [4.69, 9.17) is 5.26 Å². The first kappa shape index (κ1) is 10.9. The highest BCUT2D eigenvalue weighted by atomic mass is 16.3. The molecular formula is C12H15N3O. The number of rotatable bonds is 3. The summed E-state index contributed by atoms with van der Waals surface area (Å²) >= 11 is 0. The summed E-state index contributed by atoms with van der Waals surface area (Å²) in [6, 6.07) is 5.88. The standard InChI is InChI=1S/C12H15N3O/c13-6-10-4-5-11(7-14-10)15-12-3-1-2-9(12)8-16/h4-5,7,9,12,15-16H,1-3,8H2. The maximum absolute atomic E-state index is 9.20. The molecule has 1 aliphatic rings. The molecule has 1 aromatic heterocycles. The van der Waals surface area contributed by atoms with Crippen LogP contribution in [0.5, 0.6) is 0 Å². The van der Waals surface area contributed by atoms with Crippen LogP contribution in [0.2, 0.25) is 0 Å². The van der Waals surface area contributed by atoms with Crippen LogP contribution in [0.15, 0.2) is 18.3 Å². The highest BCUT2D eigenvalue weighted by Crippen LogP contribution is 2.27. The zero-order valence-electron chi connectivity index (χ0n) is 9.06. The Morgan fingerprint density at radius 3 is 3.00 bits per heavy atom. The van der Waals surface area contributed by atoms with Crippen LogP contribution >= 0.6 is 0 Å². The van der Waals surface area contributed by atoms with E-state index in [0.717, 1.165) is 24.9 Å². The molecule has 0 saturated heterocycles. The van der Waals surface area contributed by atoms with Crippen molar-refractivity contribution in [1.29, 1.82) is 5.26 Å². The molecule has 84 valence electrons. The number of pyridine rings is 1. The predicted molar refractivity (Wildman–Crippen MR) is 60.8 cm³/mol. The topological polar surface area (TPSA) is 68.9 Å². The van der Waals surface area contributed by atoms with Gasteiger partial charge in [-0.3, -0.25) is 0 Å². The lowest BCUT2D eigenvalue weighted by Crippen LogP contribution is -2.26. The summed E-state index contributed by atoms with van der Waals surface area (Å²) in [6.07, 6.45) is 5.00. The van der Waals surface area contributed by atoms with E-state index in [0.29, 0.717) is 17.7 Å². The molecule has 0 spiro atoms. The largest absolute Gasteiger partial charge is 0.396 e. The van der Waals surface area contributed by atoms with Gasteiger partial charge < -0.3 is 10.4 Å². The van der Waals surface area contributed by atoms with Crippen LogP contribution in [-0.2, 0) is 0 Å². The number of aromatic nitrogens is 1. The molecular weight excluding hydrogens is 202 g/mol. The first-order valence-corrected chi connectivity index (χ1v) is 5.57. The Balaban J connectivity index is 2.00. The van der Waals surface area contributed by atoms with Gasteiger partial charge in [0.15, 0.2) is 0 Å². The number of aliphatic hydroxyl groups is 1. The van der Waals surface area contributed by atoms with Crippen molar-refractivity contribution in [2.75, 3.05) is 11.9 Å². The van der Waals surface area contributed by atoms with E-state index in [9.17, 15) is 5.11 Å². The molecule has 4 nitrogen and oxygen atoms in total. The molecule has 0 radical (unpaired) electrons. The van der Waals surface area contributed by atoms with Gasteiger partial charge in [-0.25, -0.2) is 4.98 Å². The number of aliphatic hydroxyl groups excluding tert-OH is 1. The number of hydrogen-bond acceptors (Lipinski definition) is 4. The molecule has 2 N–H and O–H groups in total. The average Bonchev–Trinajstić information content (AvgIpc) is 2.77. The fourth-order valence-electron chi connectivity index (χ4n) is 2.20. The van der Waals surface area contributed by atoms with Crippen LogP contribution in [-0.4, -0.2) is 22.7 Å². The van der Waals surface area contributed by atoms with Crippen LogP contribution < -0.4 is 5.32 Å². The maximum Gasteiger partial charge on any atom is 0.140 e. The molecule has 2 atom stereocenters. The lowest BCUT2D eigenvalue weighted by Gasteiger charge is -2.19. The fourth-order valence-corrected chi connectivity index (χ4v) is 2.20. The molecule has 4 heteroatoms. The predicted octanol–water partition coefficient (Wildman–Crippen LogP) is 1.53. The number of hydrogen-bond donors (Lipinski definition) is 2. The van der Waals surface area contributed by atoms with Gasteiger partial charge in [-0.1, -0.05) is 6.42 Å². The Morgan fingerprint density at radius 1 is 1.50 bits per heavy atom. The van der Waals surface area contributed by atoms with Crippen molar-refractivity contribution in [3.8, 4) is 6.07 Å². The molecule has 1 aliphatic carbocycles. The number of nitrogens with zero attached hydrogens (tertiary/aromatic N) is 2. The van der Waals surface area contributed by atoms with Crippen LogP contribution in [0, 0.1) is 17.2 Å². The second-order valence-electron chi connectivity index (χ2n) is 4.17. The van der Waals surface area contributed by atoms with Crippen molar-refractivity contribution in [2.45, 2.75) is 25.3 Å². The molecule has 0 bridgehead atoms. The molecule has 2 rings (SSSR count). The van der Waals surface area contributed by atoms with Gasteiger partial charge in [0.25, 0.3) is 0 Å². The van der Waals surface area contributed by atoms with Gasteiger partial charge in [0.1, 0.15) is 11.8 Å². The zero-order valence-corrected chi connectivity index (χ0v) is 9.06. The number of anilines is 1. The van der Waals surface area contributed by atoms with E-state index < -0.39 is 0 Å². The Hall–Kier alpha value is -1.60. The summed E-state index contributed by atoms with van der Waals surface area (Å²) in [4.78, 5) is 4.00. The van der Waals surface area contributed by atoms with Gasteiger partial charge in [-0.15, -0.1) is 0 Å². The smallest absolute Gasteiger partial charge is 0.140 e. The minimum absolute atomic E-state index is 0.237. The number of nitriles is 1. The molecule has 1 aromatic rings. The van der Waals surface area contributed by atoms with E-state index in [1.807, 2.05) is 12.1 Å². The van der Waals surface area contributed by atoms with E-state index in [2.05, 4.69) is 10.3 Å². The molecule has 1 saturated carbocycles. The van der Waals surface area contributed by atoms with E-state index in [-0.39, 0.29) is 6.61 Å². The Labute approximate surface area is 94.9 Å². The van der Waals surface area contributed by atoms with Crippen molar-refractivity contribution in [2.24, 2.45) is 5.92 Å². The zero-order chi connectivity index (χ0) is 11.4. The second-order valence-corrected chi connectivity index (χ2v) is 4.17. The van der Waals surface area contributed by atoms with Crippen molar-refractivity contribution < 1.29 is 5.11 Å². The lowest BCUT2D eigenvalue weighted by atomic mass is 10.1. The van der Waals surface area contributed by atoms with Crippen LogP contribution in [0.25, 0.3) is 0 Å².